The molecule has 5 heteroatoms. The van der Waals surface area contributed by atoms with Crippen LogP contribution in [0.1, 0.15) is 24.8 Å². The average molecular weight is 246 g/mol. The molecule has 0 saturated carbocycles. The van der Waals surface area contributed by atoms with Crippen molar-refractivity contribution < 1.29 is 22.7 Å². The Kier molecular flexibility index (Phi) is 5.00. The van der Waals surface area contributed by atoms with Gasteiger partial charge in [0.15, 0.2) is 0 Å². The Morgan fingerprint density at radius 1 is 1.12 bits per heavy atom. The first-order valence-corrected chi connectivity index (χ1v) is 5.29. The van der Waals surface area contributed by atoms with Crippen LogP contribution in [0.25, 0.3) is 0 Å². The van der Waals surface area contributed by atoms with Crippen LogP contribution in [-0.4, -0.2) is 12.6 Å². The standard InChI is InChI=1S/C12H13F3O2/c13-12(14,15)17-11-7-5-10(6-8-11)4-2-1-3-9-16/h5-9H,1-4H2. The highest BCUT2D eigenvalue weighted by Crippen LogP contribution is 2.23. The average Bonchev–Trinajstić information content (AvgIpc) is 2.25. The van der Waals surface area contributed by atoms with Crippen LogP contribution >= 0.6 is 0 Å². The van der Waals surface area contributed by atoms with Crippen LogP contribution in [0.2, 0.25) is 0 Å². The van der Waals surface area contributed by atoms with E-state index < -0.39 is 6.36 Å². The molecule has 2 nitrogen and oxygen atoms in total. The van der Waals surface area contributed by atoms with Crippen molar-refractivity contribution in [3.63, 3.8) is 0 Å². The summed E-state index contributed by atoms with van der Waals surface area (Å²) in [5.74, 6) is -0.214. The molecule has 0 unspecified atom stereocenters. The highest BCUT2D eigenvalue weighted by Gasteiger charge is 2.30. The van der Waals surface area contributed by atoms with Gasteiger partial charge in [-0.05, 0) is 37.0 Å². The fourth-order valence-corrected chi connectivity index (χ4v) is 1.41. The van der Waals surface area contributed by atoms with Gasteiger partial charge in [0.2, 0.25) is 0 Å². The number of benzene rings is 1. The van der Waals surface area contributed by atoms with Crippen LogP contribution in [0.3, 0.4) is 0 Å². The lowest BCUT2D eigenvalue weighted by Gasteiger charge is -2.09. The molecule has 1 aromatic rings. The van der Waals surface area contributed by atoms with E-state index in [-0.39, 0.29) is 5.75 Å². The minimum atomic E-state index is -4.65. The molecule has 0 atom stereocenters. The van der Waals surface area contributed by atoms with E-state index in [4.69, 9.17) is 0 Å². The number of rotatable bonds is 6. The number of ether oxygens (including phenoxy) is 1. The maximum absolute atomic E-state index is 11.9. The molecule has 1 aromatic carbocycles. The van der Waals surface area contributed by atoms with Gasteiger partial charge >= 0.3 is 6.36 Å². The zero-order valence-electron chi connectivity index (χ0n) is 9.17. The topological polar surface area (TPSA) is 26.3 Å². The summed E-state index contributed by atoms with van der Waals surface area (Å²) in [4.78, 5) is 10.1. The van der Waals surface area contributed by atoms with Gasteiger partial charge in [-0.15, -0.1) is 13.2 Å². The van der Waals surface area contributed by atoms with Crippen LogP contribution in [0.15, 0.2) is 24.3 Å². The third-order valence-corrected chi connectivity index (χ3v) is 2.19. The molecule has 1 rings (SSSR count). The fourth-order valence-electron chi connectivity index (χ4n) is 1.41. The fraction of sp³-hybridized carbons (Fsp3) is 0.417. The third-order valence-electron chi connectivity index (χ3n) is 2.19. The number of hydrogen-bond donors (Lipinski definition) is 0. The molecule has 0 fully saturated rings. The largest absolute Gasteiger partial charge is 0.573 e. The SMILES string of the molecule is O=CCCCCc1ccc(OC(F)(F)F)cc1. The van der Waals surface area contributed by atoms with Gasteiger partial charge in [0.25, 0.3) is 0 Å². The molecule has 0 aliphatic carbocycles. The zero-order valence-corrected chi connectivity index (χ0v) is 9.17. The number of carbonyl (C=O) groups excluding carboxylic acids is 1. The second-order valence-electron chi connectivity index (χ2n) is 3.60. The minimum absolute atomic E-state index is 0.214. The van der Waals surface area contributed by atoms with E-state index in [2.05, 4.69) is 4.74 Å². The molecule has 0 aliphatic heterocycles. The molecule has 0 amide bonds. The van der Waals surface area contributed by atoms with Crippen molar-refractivity contribution in [2.24, 2.45) is 0 Å². The number of alkyl halides is 3. The number of halogens is 3. The van der Waals surface area contributed by atoms with Crippen LogP contribution in [0.5, 0.6) is 5.75 Å². The summed E-state index contributed by atoms with van der Waals surface area (Å²) in [7, 11) is 0. The molecule has 0 radical (unpaired) electrons. The second-order valence-corrected chi connectivity index (χ2v) is 3.60. The van der Waals surface area contributed by atoms with Crippen molar-refractivity contribution in [3.05, 3.63) is 29.8 Å². The summed E-state index contributed by atoms with van der Waals surface area (Å²) < 4.78 is 39.4. The first-order chi connectivity index (χ1) is 8.01. The van der Waals surface area contributed by atoms with E-state index in [0.29, 0.717) is 6.42 Å². The summed E-state index contributed by atoms with van der Waals surface area (Å²) in [5, 5.41) is 0. The first kappa shape index (κ1) is 13.5. The van der Waals surface area contributed by atoms with Crippen molar-refractivity contribution in [3.8, 4) is 5.75 Å². The Bertz CT molecular complexity index is 344. The van der Waals surface area contributed by atoms with Gasteiger partial charge in [0.05, 0.1) is 0 Å². The molecule has 0 aromatic heterocycles. The predicted molar refractivity (Wildman–Crippen MR) is 56.7 cm³/mol. The molecule has 0 saturated heterocycles. The normalized spacial score (nSPS) is 11.2. The van der Waals surface area contributed by atoms with E-state index in [1.165, 1.54) is 12.1 Å². The van der Waals surface area contributed by atoms with Crippen molar-refractivity contribution in [1.29, 1.82) is 0 Å². The Hall–Kier alpha value is -1.52. The smallest absolute Gasteiger partial charge is 0.406 e. The zero-order chi connectivity index (χ0) is 12.7. The Morgan fingerprint density at radius 2 is 1.76 bits per heavy atom. The molecule has 0 aliphatic rings. The Morgan fingerprint density at radius 3 is 2.29 bits per heavy atom. The summed E-state index contributed by atoms with van der Waals surface area (Å²) in [6.07, 6.45) is -0.871. The van der Waals surface area contributed by atoms with Crippen molar-refractivity contribution in [1.82, 2.24) is 0 Å². The third kappa shape index (κ3) is 5.94. The maximum atomic E-state index is 11.9. The van der Waals surface area contributed by atoms with Gasteiger partial charge in [0, 0.05) is 6.42 Å². The highest BCUT2D eigenvalue weighted by molar-refractivity contribution is 5.48. The van der Waals surface area contributed by atoms with Crippen LogP contribution < -0.4 is 4.74 Å². The van der Waals surface area contributed by atoms with Gasteiger partial charge in [0.1, 0.15) is 12.0 Å². The molecule has 0 N–H and O–H groups in total. The number of hydrogen-bond acceptors (Lipinski definition) is 2. The van der Waals surface area contributed by atoms with Crippen molar-refractivity contribution in [2.45, 2.75) is 32.0 Å². The lowest BCUT2D eigenvalue weighted by Crippen LogP contribution is -2.17. The van der Waals surface area contributed by atoms with Gasteiger partial charge in [-0.2, -0.15) is 0 Å². The maximum Gasteiger partial charge on any atom is 0.573 e. The van der Waals surface area contributed by atoms with Crippen LogP contribution in [-0.2, 0) is 11.2 Å². The van der Waals surface area contributed by atoms with Gasteiger partial charge < -0.3 is 9.53 Å². The molecule has 17 heavy (non-hydrogen) atoms. The summed E-state index contributed by atoms with van der Waals surface area (Å²) in [5.41, 5.74) is 0.936. The van der Waals surface area contributed by atoms with E-state index in [9.17, 15) is 18.0 Å². The van der Waals surface area contributed by atoms with Crippen LogP contribution in [0.4, 0.5) is 13.2 Å². The minimum Gasteiger partial charge on any atom is -0.406 e. The molecule has 0 spiro atoms. The van der Waals surface area contributed by atoms with Crippen molar-refractivity contribution in [2.75, 3.05) is 0 Å². The lowest BCUT2D eigenvalue weighted by molar-refractivity contribution is -0.274. The number of aryl methyl sites for hydroxylation is 1. The number of aldehydes is 1. The van der Waals surface area contributed by atoms with E-state index >= 15 is 0 Å². The first-order valence-electron chi connectivity index (χ1n) is 5.29. The summed E-state index contributed by atoms with van der Waals surface area (Å²) in [6.45, 7) is 0. The molecule has 0 heterocycles. The van der Waals surface area contributed by atoms with E-state index in [0.717, 1.165) is 31.1 Å². The lowest BCUT2D eigenvalue weighted by atomic mass is 10.1. The second kappa shape index (κ2) is 6.27. The monoisotopic (exact) mass is 246 g/mol. The molecule has 0 bridgehead atoms. The quantitative estimate of drug-likeness (QED) is 0.567. The Labute approximate surface area is 97.4 Å². The number of unbranched alkanes of at least 4 members (excludes halogenated alkanes) is 2. The van der Waals surface area contributed by atoms with Gasteiger partial charge in [-0.3, -0.25) is 0 Å². The van der Waals surface area contributed by atoms with Crippen LogP contribution in [0, 0.1) is 0 Å². The van der Waals surface area contributed by atoms with Gasteiger partial charge in [-0.25, -0.2) is 0 Å². The summed E-state index contributed by atoms with van der Waals surface area (Å²) in [6, 6.07) is 5.79. The number of carbonyl (C=O) groups is 1. The predicted octanol–water partition coefficient (Wildman–Crippen LogP) is 3.50. The van der Waals surface area contributed by atoms with E-state index in [1.807, 2.05) is 0 Å². The molecule has 94 valence electrons. The van der Waals surface area contributed by atoms with E-state index in [1.54, 1.807) is 12.1 Å². The van der Waals surface area contributed by atoms with Gasteiger partial charge in [-0.1, -0.05) is 12.1 Å². The summed E-state index contributed by atoms with van der Waals surface area (Å²) >= 11 is 0. The molecular formula is C12H13F3O2. The van der Waals surface area contributed by atoms with Crippen molar-refractivity contribution >= 4 is 6.29 Å². The highest BCUT2D eigenvalue weighted by atomic mass is 19.4. The Balaban J connectivity index is 2.42. The molecular weight excluding hydrogens is 233 g/mol.